The molecule has 0 bridgehead atoms. The third-order valence-corrected chi connectivity index (χ3v) is 6.30. The Morgan fingerprint density at radius 3 is 2.05 bits per heavy atom. The first kappa shape index (κ1) is 13.9. The van der Waals surface area contributed by atoms with E-state index in [0.717, 1.165) is 41.5 Å². The van der Waals surface area contributed by atoms with Crippen LogP contribution < -0.4 is 5.32 Å². The summed E-state index contributed by atoms with van der Waals surface area (Å²) in [5.74, 6) is 6.13. The van der Waals surface area contributed by atoms with E-state index < -0.39 is 0 Å². The van der Waals surface area contributed by atoms with Crippen LogP contribution in [-0.2, 0) is 0 Å². The topological polar surface area (TPSA) is 12.0 Å². The van der Waals surface area contributed by atoms with Crippen molar-refractivity contribution in [1.82, 2.24) is 5.32 Å². The summed E-state index contributed by atoms with van der Waals surface area (Å²) < 4.78 is 0. The van der Waals surface area contributed by atoms with Crippen molar-refractivity contribution in [1.29, 1.82) is 0 Å². The molecule has 0 aromatic rings. The second-order valence-electron chi connectivity index (χ2n) is 7.95. The molecule has 0 heterocycles. The predicted octanol–water partition coefficient (Wildman–Crippen LogP) is 4.47. The van der Waals surface area contributed by atoms with Gasteiger partial charge in [0, 0.05) is 6.04 Å². The number of hydrogen-bond acceptors (Lipinski definition) is 1. The lowest BCUT2D eigenvalue weighted by molar-refractivity contribution is 0.161. The summed E-state index contributed by atoms with van der Waals surface area (Å²) in [6, 6.07) is 0.850. The summed E-state index contributed by atoms with van der Waals surface area (Å²) in [4.78, 5) is 0. The van der Waals surface area contributed by atoms with Gasteiger partial charge in [-0.2, -0.15) is 0 Å². The number of nitrogens with one attached hydrogen (secondary N) is 1. The van der Waals surface area contributed by atoms with Gasteiger partial charge >= 0.3 is 0 Å². The van der Waals surface area contributed by atoms with Crippen LogP contribution >= 0.6 is 0 Å². The van der Waals surface area contributed by atoms with Crippen molar-refractivity contribution in [3.8, 4) is 0 Å². The molecule has 3 aliphatic rings. The second-order valence-corrected chi connectivity index (χ2v) is 7.95. The van der Waals surface area contributed by atoms with Crippen LogP contribution in [0, 0.1) is 35.5 Å². The van der Waals surface area contributed by atoms with Crippen molar-refractivity contribution in [3.63, 3.8) is 0 Å². The molecule has 0 saturated heterocycles. The van der Waals surface area contributed by atoms with Crippen LogP contribution in [0.4, 0.5) is 0 Å². The van der Waals surface area contributed by atoms with Gasteiger partial charge < -0.3 is 5.32 Å². The summed E-state index contributed by atoms with van der Waals surface area (Å²) in [7, 11) is 0. The van der Waals surface area contributed by atoms with Crippen LogP contribution in [0.25, 0.3) is 0 Å². The van der Waals surface area contributed by atoms with Crippen LogP contribution in [-0.4, -0.2) is 12.6 Å². The van der Waals surface area contributed by atoms with Crippen LogP contribution in [0.15, 0.2) is 0 Å². The van der Waals surface area contributed by atoms with Crippen molar-refractivity contribution in [2.45, 2.75) is 71.8 Å². The van der Waals surface area contributed by atoms with E-state index in [1.165, 1.54) is 51.5 Å². The van der Waals surface area contributed by atoms with Crippen molar-refractivity contribution in [2.24, 2.45) is 35.5 Å². The minimum atomic E-state index is 0.850. The van der Waals surface area contributed by atoms with Crippen molar-refractivity contribution < 1.29 is 0 Å². The predicted molar refractivity (Wildman–Crippen MR) is 82.1 cm³/mol. The Bertz CT molecular complexity index is 278. The fourth-order valence-corrected chi connectivity index (χ4v) is 5.74. The highest BCUT2D eigenvalue weighted by Gasteiger charge is 2.55. The molecule has 3 aliphatic carbocycles. The maximum atomic E-state index is 3.91. The lowest BCUT2D eigenvalue weighted by Crippen LogP contribution is -2.42. The molecule has 3 fully saturated rings. The van der Waals surface area contributed by atoms with Gasteiger partial charge in [0.2, 0.25) is 0 Å². The van der Waals surface area contributed by atoms with Gasteiger partial charge in [-0.15, -0.1) is 0 Å². The molecule has 110 valence electrons. The van der Waals surface area contributed by atoms with E-state index in [2.05, 4.69) is 26.1 Å². The molecule has 1 nitrogen and oxygen atoms in total. The molecule has 0 aromatic heterocycles. The Morgan fingerprint density at radius 1 is 0.947 bits per heavy atom. The summed E-state index contributed by atoms with van der Waals surface area (Å²) in [6.07, 6.45) is 10.5. The molecule has 0 amide bonds. The first-order valence-electron chi connectivity index (χ1n) is 8.94. The van der Waals surface area contributed by atoms with E-state index in [1.54, 1.807) is 0 Å². The van der Waals surface area contributed by atoms with E-state index in [4.69, 9.17) is 0 Å². The van der Waals surface area contributed by atoms with Crippen molar-refractivity contribution >= 4 is 0 Å². The lowest BCUT2D eigenvalue weighted by atomic mass is 9.72. The van der Waals surface area contributed by atoms with Gasteiger partial charge in [-0.3, -0.25) is 0 Å². The molecule has 0 aromatic carbocycles. The largest absolute Gasteiger partial charge is 0.314 e. The molecule has 0 aliphatic heterocycles. The minimum absolute atomic E-state index is 0.850. The number of rotatable bonds is 4. The molecular formula is C18H33N. The smallest absolute Gasteiger partial charge is 0.0129 e. The molecule has 1 N–H and O–H groups in total. The minimum Gasteiger partial charge on any atom is -0.314 e. The summed E-state index contributed by atoms with van der Waals surface area (Å²) in [5.41, 5.74) is 0. The highest BCUT2D eigenvalue weighted by atomic mass is 14.9. The van der Waals surface area contributed by atoms with Gasteiger partial charge in [-0.1, -0.05) is 33.6 Å². The number of fused-ring (bicyclic) bond motifs is 1. The highest BCUT2D eigenvalue weighted by Crippen LogP contribution is 2.59. The molecule has 3 saturated carbocycles. The molecule has 3 rings (SSSR count). The van der Waals surface area contributed by atoms with E-state index >= 15 is 0 Å². The Kier molecular flexibility index (Phi) is 4.22. The average Bonchev–Trinajstić information content (AvgIpc) is 3.09. The zero-order valence-corrected chi connectivity index (χ0v) is 13.2. The average molecular weight is 263 g/mol. The van der Waals surface area contributed by atoms with Crippen molar-refractivity contribution in [2.75, 3.05) is 6.54 Å². The molecule has 0 radical (unpaired) electrons. The zero-order valence-electron chi connectivity index (χ0n) is 13.2. The Morgan fingerprint density at radius 2 is 1.53 bits per heavy atom. The molecule has 0 spiro atoms. The standard InChI is InChI=1S/C18H33N/c1-4-19-18(14-10-12(2)9-13(3)11-14)17-15-7-5-6-8-16(15)17/h12-19H,4-11H2,1-3H3. The summed E-state index contributed by atoms with van der Waals surface area (Å²) in [6.45, 7) is 8.42. The molecule has 1 heteroatoms. The third kappa shape index (κ3) is 2.86. The normalized spacial score (nSPS) is 47.5. The van der Waals surface area contributed by atoms with Gasteiger partial charge in [-0.05, 0) is 74.2 Å². The van der Waals surface area contributed by atoms with Gasteiger partial charge in [0.15, 0.2) is 0 Å². The fourth-order valence-electron chi connectivity index (χ4n) is 5.74. The second kappa shape index (κ2) is 5.76. The zero-order chi connectivity index (χ0) is 13.4. The van der Waals surface area contributed by atoms with Gasteiger partial charge in [0.05, 0.1) is 0 Å². The van der Waals surface area contributed by atoms with Gasteiger partial charge in [0.25, 0.3) is 0 Å². The maximum Gasteiger partial charge on any atom is 0.0129 e. The summed E-state index contributed by atoms with van der Waals surface area (Å²) >= 11 is 0. The molecular weight excluding hydrogens is 230 g/mol. The Hall–Kier alpha value is -0.0400. The van der Waals surface area contributed by atoms with Crippen molar-refractivity contribution in [3.05, 3.63) is 0 Å². The fraction of sp³-hybridized carbons (Fsp3) is 1.00. The SMILES string of the molecule is CCNC(C1CC(C)CC(C)C1)C1C2CCCCC21. The van der Waals surface area contributed by atoms with Crippen LogP contribution in [0.1, 0.15) is 65.7 Å². The van der Waals surface area contributed by atoms with Crippen LogP contribution in [0.5, 0.6) is 0 Å². The third-order valence-electron chi connectivity index (χ3n) is 6.30. The van der Waals surface area contributed by atoms with Crippen LogP contribution in [0.3, 0.4) is 0 Å². The number of hydrogen-bond donors (Lipinski definition) is 1. The lowest BCUT2D eigenvalue weighted by Gasteiger charge is -2.37. The van der Waals surface area contributed by atoms with E-state index in [-0.39, 0.29) is 0 Å². The Balaban J connectivity index is 1.67. The first-order chi connectivity index (χ1) is 9.20. The molecule has 5 atom stereocenters. The van der Waals surface area contributed by atoms with E-state index in [9.17, 15) is 0 Å². The molecule has 19 heavy (non-hydrogen) atoms. The highest BCUT2D eigenvalue weighted by molar-refractivity contribution is 5.06. The van der Waals surface area contributed by atoms with E-state index in [1.807, 2.05) is 0 Å². The molecule has 5 unspecified atom stereocenters. The van der Waals surface area contributed by atoms with Crippen LogP contribution in [0.2, 0.25) is 0 Å². The van der Waals surface area contributed by atoms with E-state index in [0.29, 0.717) is 0 Å². The quantitative estimate of drug-likeness (QED) is 0.789. The summed E-state index contributed by atoms with van der Waals surface area (Å²) in [5, 5.41) is 3.91. The van der Waals surface area contributed by atoms with Gasteiger partial charge in [0.1, 0.15) is 0 Å². The Labute approximate surface area is 119 Å². The monoisotopic (exact) mass is 263 g/mol. The first-order valence-corrected chi connectivity index (χ1v) is 8.94. The maximum absolute atomic E-state index is 3.91. The van der Waals surface area contributed by atoms with Gasteiger partial charge in [-0.25, -0.2) is 0 Å².